The Hall–Kier alpha value is -2.61. The lowest BCUT2D eigenvalue weighted by atomic mass is 10.1. The molecule has 2 aliphatic carbocycles. The molecule has 1 saturated heterocycles. The molecular weight excluding hydrogens is 444 g/mol. The van der Waals surface area contributed by atoms with Crippen LogP contribution in [0.15, 0.2) is 24.3 Å². The van der Waals surface area contributed by atoms with E-state index in [0.29, 0.717) is 11.9 Å². The van der Waals surface area contributed by atoms with Crippen LogP contribution in [0.1, 0.15) is 56.9 Å². The number of piperazine rings is 1. The summed E-state index contributed by atoms with van der Waals surface area (Å²) in [5.74, 6) is 1.65. The van der Waals surface area contributed by atoms with Crippen LogP contribution in [-0.4, -0.2) is 57.6 Å². The molecule has 6 rings (SSSR count). The van der Waals surface area contributed by atoms with Gasteiger partial charge in [0.1, 0.15) is 5.69 Å². The highest BCUT2D eigenvalue weighted by Gasteiger charge is 2.31. The minimum Gasteiger partial charge on any atom is -0.365 e. The smallest absolute Gasteiger partial charge is 0.225 e. The number of carbonyl (C=O) groups is 1. The third-order valence-electron chi connectivity index (χ3n) is 7.75. The highest BCUT2D eigenvalue weighted by atomic mass is 32.1. The molecule has 1 N–H and O–H groups in total. The number of fused-ring (bicyclic) bond motifs is 1. The lowest BCUT2D eigenvalue weighted by molar-refractivity contribution is -0.135. The van der Waals surface area contributed by atoms with Gasteiger partial charge in [0.25, 0.3) is 0 Å². The first-order valence-corrected chi connectivity index (χ1v) is 13.7. The van der Waals surface area contributed by atoms with E-state index in [1.54, 1.807) is 11.3 Å². The van der Waals surface area contributed by atoms with Crippen molar-refractivity contribution in [3.8, 4) is 11.3 Å². The van der Waals surface area contributed by atoms with Gasteiger partial charge < -0.3 is 15.1 Å². The Bertz CT molecular complexity index is 1170. The van der Waals surface area contributed by atoms with Crippen LogP contribution in [0.2, 0.25) is 0 Å². The predicted molar refractivity (Wildman–Crippen MR) is 138 cm³/mol. The average molecular weight is 479 g/mol. The molecule has 0 radical (unpaired) electrons. The van der Waals surface area contributed by atoms with Crippen molar-refractivity contribution in [1.29, 1.82) is 0 Å². The summed E-state index contributed by atoms with van der Waals surface area (Å²) in [6.45, 7) is 5.38. The molecule has 0 spiro atoms. The van der Waals surface area contributed by atoms with E-state index in [9.17, 15) is 4.79 Å². The van der Waals surface area contributed by atoms with E-state index in [4.69, 9.17) is 10.1 Å². The Balaban J connectivity index is 1.24. The number of imidazole rings is 1. The molecule has 0 bridgehead atoms. The van der Waals surface area contributed by atoms with Crippen molar-refractivity contribution in [2.45, 2.75) is 64.3 Å². The number of hydrogen-bond acceptors (Lipinski definition) is 6. The van der Waals surface area contributed by atoms with Gasteiger partial charge in [-0.2, -0.15) is 4.52 Å². The highest BCUT2D eigenvalue weighted by molar-refractivity contribution is 7.20. The van der Waals surface area contributed by atoms with Gasteiger partial charge >= 0.3 is 0 Å². The van der Waals surface area contributed by atoms with Crippen molar-refractivity contribution >= 4 is 33.2 Å². The highest BCUT2D eigenvalue weighted by Crippen LogP contribution is 2.36. The van der Waals surface area contributed by atoms with Crippen molar-refractivity contribution in [2.75, 3.05) is 36.4 Å². The maximum Gasteiger partial charge on any atom is 0.225 e. The first kappa shape index (κ1) is 21.9. The van der Waals surface area contributed by atoms with E-state index < -0.39 is 0 Å². The van der Waals surface area contributed by atoms with Crippen LogP contribution in [-0.2, 0) is 4.79 Å². The third kappa shape index (κ3) is 4.17. The summed E-state index contributed by atoms with van der Waals surface area (Å²) in [4.78, 5) is 23.2. The molecule has 180 valence electrons. The molecule has 3 aromatic rings. The van der Waals surface area contributed by atoms with Crippen molar-refractivity contribution < 1.29 is 4.79 Å². The Kier molecular flexibility index (Phi) is 5.93. The first-order chi connectivity index (χ1) is 16.7. The van der Waals surface area contributed by atoms with E-state index in [2.05, 4.69) is 46.3 Å². The second kappa shape index (κ2) is 9.21. The fourth-order valence-electron chi connectivity index (χ4n) is 5.80. The molecule has 34 heavy (non-hydrogen) atoms. The summed E-state index contributed by atoms with van der Waals surface area (Å²) < 4.78 is 2.02. The van der Waals surface area contributed by atoms with Gasteiger partial charge in [0.15, 0.2) is 5.82 Å². The minimum absolute atomic E-state index is 0.263. The van der Waals surface area contributed by atoms with Gasteiger partial charge in [-0.05, 0) is 38.7 Å². The predicted octanol–water partition coefficient (Wildman–Crippen LogP) is 4.96. The summed E-state index contributed by atoms with van der Waals surface area (Å²) >= 11 is 1.65. The zero-order valence-electron chi connectivity index (χ0n) is 20.0. The first-order valence-electron chi connectivity index (χ1n) is 12.9. The Labute approximate surface area is 205 Å². The van der Waals surface area contributed by atoms with Crippen molar-refractivity contribution in [1.82, 2.24) is 19.5 Å². The molecular formula is C26H34N6OS. The summed E-state index contributed by atoms with van der Waals surface area (Å²) in [7, 11) is 0. The molecule has 2 saturated carbocycles. The number of nitrogens with one attached hydrogen (secondary N) is 1. The molecule has 3 heterocycles. The van der Waals surface area contributed by atoms with Gasteiger partial charge in [-0.25, -0.2) is 4.98 Å². The van der Waals surface area contributed by atoms with Crippen molar-refractivity contribution in [3.63, 3.8) is 0 Å². The summed E-state index contributed by atoms with van der Waals surface area (Å²) in [5, 5.41) is 9.82. The number of amides is 1. The Morgan fingerprint density at radius 2 is 1.76 bits per heavy atom. The summed E-state index contributed by atoms with van der Waals surface area (Å²) in [6, 6.07) is 9.05. The minimum atomic E-state index is 0.263. The fraction of sp³-hybridized carbons (Fsp3) is 0.577. The van der Waals surface area contributed by atoms with Gasteiger partial charge in [-0.1, -0.05) is 60.8 Å². The summed E-state index contributed by atoms with van der Waals surface area (Å²) in [6.07, 6.45) is 9.53. The number of rotatable bonds is 5. The van der Waals surface area contributed by atoms with Crippen LogP contribution >= 0.6 is 11.3 Å². The second-order valence-corrected chi connectivity index (χ2v) is 11.1. The van der Waals surface area contributed by atoms with Crippen LogP contribution in [0, 0.1) is 12.8 Å². The maximum absolute atomic E-state index is 12.8. The monoisotopic (exact) mass is 478 g/mol. The van der Waals surface area contributed by atoms with Gasteiger partial charge in [-0.3, -0.25) is 4.79 Å². The molecule has 1 aliphatic heterocycles. The van der Waals surface area contributed by atoms with Crippen LogP contribution in [0.4, 0.5) is 10.9 Å². The van der Waals surface area contributed by atoms with Gasteiger partial charge in [0.05, 0.1) is 0 Å². The number of benzene rings is 1. The van der Waals surface area contributed by atoms with Gasteiger partial charge in [0, 0.05) is 43.7 Å². The molecule has 3 fully saturated rings. The van der Waals surface area contributed by atoms with Gasteiger partial charge in [0.2, 0.25) is 16.0 Å². The van der Waals surface area contributed by atoms with E-state index in [-0.39, 0.29) is 5.92 Å². The van der Waals surface area contributed by atoms with E-state index in [1.807, 2.05) is 4.52 Å². The van der Waals surface area contributed by atoms with Crippen LogP contribution < -0.4 is 10.2 Å². The quantitative estimate of drug-likeness (QED) is 0.562. The number of anilines is 2. The topological polar surface area (TPSA) is 65.8 Å². The third-order valence-corrected chi connectivity index (χ3v) is 8.72. The van der Waals surface area contributed by atoms with Crippen LogP contribution in [0.3, 0.4) is 0 Å². The Morgan fingerprint density at radius 1 is 1.03 bits per heavy atom. The fourth-order valence-corrected chi connectivity index (χ4v) is 6.75. The van der Waals surface area contributed by atoms with Crippen molar-refractivity contribution in [2.24, 2.45) is 5.92 Å². The molecule has 8 heteroatoms. The number of carbonyl (C=O) groups excluding carboxylic acids is 1. The lowest BCUT2D eigenvalue weighted by Gasteiger charge is -2.35. The molecule has 2 aromatic heterocycles. The van der Waals surface area contributed by atoms with Gasteiger partial charge in [-0.15, -0.1) is 5.10 Å². The normalized spacial score (nSPS) is 20.0. The number of aryl methyl sites for hydroxylation is 1. The molecule has 3 aliphatic rings. The number of hydrogen-bond donors (Lipinski definition) is 1. The zero-order valence-corrected chi connectivity index (χ0v) is 20.8. The Morgan fingerprint density at radius 3 is 2.50 bits per heavy atom. The second-order valence-electron chi connectivity index (χ2n) is 10.2. The maximum atomic E-state index is 12.8. The largest absolute Gasteiger partial charge is 0.365 e. The number of aromatic nitrogens is 3. The molecule has 0 unspecified atom stereocenters. The van der Waals surface area contributed by atoms with Crippen LogP contribution in [0.25, 0.3) is 16.2 Å². The SMILES string of the molecule is Cc1cccc(-c2nc3sc(N4CCN(C(=O)C5CCCC5)CC4)nn3c2NC2CCCC2)c1. The molecule has 1 aromatic carbocycles. The average Bonchev–Trinajstić information content (AvgIpc) is 3.65. The van der Waals surface area contributed by atoms with Crippen LogP contribution in [0.5, 0.6) is 0 Å². The standard InChI is InChI=1S/C26H34N6OS/c1-18-7-6-10-20(17-18)22-23(27-21-11-4-5-12-21)32-25(28-22)34-26(29-32)31-15-13-30(14-16-31)24(33)19-8-2-3-9-19/h6-7,10,17,19,21,27H,2-5,8-9,11-16H2,1H3. The molecule has 1 amide bonds. The summed E-state index contributed by atoms with van der Waals surface area (Å²) in [5.41, 5.74) is 3.37. The number of nitrogens with zero attached hydrogens (tertiary/aromatic N) is 5. The van der Waals surface area contributed by atoms with E-state index in [0.717, 1.165) is 66.2 Å². The zero-order chi connectivity index (χ0) is 23.1. The van der Waals surface area contributed by atoms with E-state index in [1.165, 1.54) is 44.1 Å². The lowest BCUT2D eigenvalue weighted by Crippen LogP contribution is -2.50. The molecule has 0 atom stereocenters. The molecule has 7 nitrogen and oxygen atoms in total. The van der Waals surface area contributed by atoms with E-state index >= 15 is 0 Å². The van der Waals surface area contributed by atoms with Crippen molar-refractivity contribution in [3.05, 3.63) is 29.8 Å².